The van der Waals surface area contributed by atoms with Crippen molar-refractivity contribution in [1.82, 2.24) is 9.55 Å². The summed E-state index contributed by atoms with van der Waals surface area (Å²) in [5, 5.41) is 11.8. The second kappa shape index (κ2) is 6.49. The lowest BCUT2D eigenvalue weighted by Crippen LogP contribution is -1.97. The lowest BCUT2D eigenvalue weighted by Gasteiger charge is -2.08. The lowest BCUT2D eigenvalue weighted by atomic mass is 10.2. The minimum atomic E-state index is -0.388. The molecule has 0 fully saturated rings. The summed E-state index contributed by atoms with van der Waals surface area (Å²) in [5.74, 6) is 1.40. The average Bonchev–Trinajstić information content (AvgIpc) is 2.76. The second-order valence-corrected chi connectivity index (χ2v) is 6.25. The van der Waals surface area contributed by atoms with Crippen molar-refractivity contribution in [2.45, 2.75) is 35.6 Å². The Morgan fingerprint density at radius 2 is 2.19 bits per heavy atom. The van der Waals surface area contributed by atoms with E-state index >= 15 is 0 Å². The molecule has 21 heavy (non-hydrogen) atoms. The van der Waals surface area contributed by atoms with Crippen molar-refractivity contribution in [3.63, 3.8) is 0 Å². The fourth-order valence-electron chi connectivity index (χ4n) is 1.94. The van der Waals surface area contributed by atoms with Gasteiger partial charge in [-0.25, -0.2) is 4.98 Å². The quantitative estimate of drug-likeness (QED) is 0.466. The number of nitro groups is 1. The first-order chi connectivity index (χ1) is 9.93. The predicted octanol–water partition coefficient (Wildman–Crippen LogP) is 4.34. The molecule has 0 aliphatic heterocycles. The Kier molecular flexibility index (Phi) is 4.90. The highest BCUT2D eigenvalue weighted by atomic mass is 35.5. The molecule has 0 aliphatic carbocycles. The van der Waals surface area contributed by atoms with Crippen LogP contribution in [0.2, 0.25) is 0 Å². The largest absolute Gasteiger partial charge is 0.325 e. The van der Waals surface area contributed by atoms with Crippen LogP contribution in [0.5, 0.6) is 0 Å². The molecule has 0 saturated heterocycles. The summed E-state index contributed by atoms with van der Waals surface area (Å²) in [6.45, 7) is 4.13. The molecule has 1 heterocycles. The number of non-ortho nitro benzene ring substituents is 1. The van der Waals surface area contributed by atoms with Crippen molar-refractivity contribution in [2.24, 2.45) is 7.05 Å². The molecule has 0 saturated carbocycles. The maximum atomic E-state index is 10.9. The van der Waals surface area contributed by atoms with Crippen molar-refractivity contribution in [3.05, 3.63) is 45.9 Å². The van der Waals surface area contributed by atoms with Crippen LogP contribution < -0.4 is 0 Å². The average molecular weight is 326 g/mol. The van der Waals surface area contributed by atoms with E-state index in [4.69, 9.17) is 11.6 Å². The molecule has 2 aromatic rings. The number of nitro benzene ring substituents is 1. The molecule has 5 nitrogen and oxygen atoms in total. The van der Waals surface area contributed by atoms with Gasteiger partial charge in [0.25, 0.3) is 5.69 Å². The first kappa shape index (κ1) is 15.9. The van der Waals surface area contributed by atoms with Crippen LogP contribution in [0.15, 0.2) is 34.2 Å². The number of alkyl halides is 1. The minimum absolute atomic E-state index is 0.0887. The maximum absolute atomic E-state index is 10.9. The highest BCUT2D eigenvalue weighted by Gasteiger charge is 2.18. The first-order valence-corrected chi connectivity index (χ1v) is 7.83. The third-order valence-electron chi connectivity index (χ3n) is 3.07. The van der Waals surface area contributed by atoms with Gasteiger partial charge in [-0.15, -0.1) is 11.6 Å². The van der Waals surface area contributed by atoms with Crippen LogP contribution in [0.1, 0.15) is 31.3 Å². The monoisotopic (exact) mass is 325 g/mol. The highest BCUT2D eigenvalue weighted by molar-refractivity contribution is 7.99. The van der Waals surface area contributed by atoms with Gasteiger partial charge >= 0.3 is 0 Å². The van der Waals surface area contributed by atoms with Gasteiger partial charge in [0, 0.05) is 24.1 Å². The van der Waals surface area contributed by atoms with Crippen molar-refractivity contribution in [3.8, 4) is 0 Å². The lowest BCUT2D eigenvalue weighted by molar-refractivity contribution is -0.385. The molecule has 1 aromatic heterocycles. The van der Waals surface area contributed by atoms with Crippen LogP contribution >= 0.6 is 23.4 Å². The molecule has 0 aliphatic rings. The van der Waals surface area contributed by atoms with Crippen LogP contribution in [0.25, 0.3) is 0 Å². The minimum Gasteiger partial charge on any atom is -0.325 e. The summed E-state index contributed by atoms with van der Waals surface area (Å²) in [4.78, 5) is 15.8. The van der Waals surface area contributed by atoms with E-state index in [0.717, 1.165) is 21.4 Å². The molecule has 112 valence electrons. The second-order valence-electron chi connectivity index (χ2n) is 4.92. The van der Waals surface area contributed by atoms with Gasteiger partial charge in [0.1, 0.15) is 10.9 Å². The number of hydrogen-bond donors (Lipinski definition) is 0. The molecule has 0 amide bonds. The van der Waals surface area contributed by atoms with E-state index in [2.05, 4.69) is 18.8 Å². The molecule has 2 rings (SSSR count). The van der Waals surface area contributed by atoms with Gasteiger partial charge in [0.2, 0.25) is 0 Å². The highest BCUT2D eigenvalue weighted by Crippen LogP contribution is 2.35. The zero-order chi connectivity index (χ0) is 15.6. The number of hydrogen-bond acceptors (Lipinski definition) is 4. The summed E-state index contributed by atoms with van der Waals surface area (Å²) in [6, 6.07) is 6.60. The summed E-state index contributed by atoms with van der Waals surface area (Å²) in [5.41, 5.74) is 1.05. The number of halogens is 1. The Labute approximate surface area is 132 Å². The summed E-state index contributed by atoms with van der Waals surface area (Å²) in [7, 11) is 1.91. The first-order valence-electron chi connectivity index (χ1n) is 6.47. The molecule has 7 heteroatoms. The van der Waals surface area contributed by atoms with Crippen molar-refractivity contribution in [2.75, 3.05) is 0 Å². The van der Waals surface area contributed by atoms with Crippen LogP contribution in [-0.4, -0.2) is 14.5 Å². The van der Waals surface area contributed by atoms with Gasteiger partial charge in [0.15, 0.2) is 0 Å². The van der Waals surface area contributed by atoms with Gasteiger partial charge < -0.3 is 4.57 Å². The Morgan fingerprint density at radius 3 is 2.76 bits per heavy atom. The van der Waals surface area contributed by atoms with E-state index in [1.807, 2.05) is 17.7 Å². The number of imidazole rings is 1. The van der Waals surface area contributed by atoms with Gasteiger partial charge in [-0.3, -0.25) is 10.1 Å². The Hall–Kier alpha value is -1.53. The van der Waals surface area contributed by atoms with E-state index in [0.29, 0.717) is 5.88 Å². The molecule has 0 N–H and O–H groups in total. The van der Waals surface area contributed by atoms with Crippen molar-refractivity contribution < 1.29 is 4.92 Å². The van der Waals surface area contributed by atoms with Gasteiger partial charge in [-0.1, -0.05) is 31.7 Å². The number of rotatable bonds is 5. The van der Waals surface area contributed by atoms with E-state index in [1.54, 1.807) is 12.1 Å². The van der Waals surface area contributed by atoms with Gasteiger partial charge in [-0.2, -0.15) is 0 Å². The van der Waals surface area contributed by atoms with Crippen molar-refractivity contribution >= 4 is 29.1 Å². The molecular weight excluding hydrogens is 310 g/mol. The zero-order valence-electron chi connectivity index (χ0n) is 12.0. The van der Waals surface area contributed by atoms with Gasteiger partial charge in [0.05, 0.1) is 16.5 Å². The number of nitrogens with zero attached hydrogens (tertiary/aromatic N) is 3. The third-order valence-corrected chi connectivity index (χ3v) is 4.47. The molecular formula is C14H16ClN3O2S. The molecule has 0 atom stereocenters. The maximum Gasteiger partial charge on any atom is 0.270 e. The van der Waals surface area contributed by atoms with E-state index < -0.39 is 0 Å². The predicted molar refractivity (Wildman–Crippen MR) is 84.1 cm³/mol. The third kappa shape index (κ3) is 3.39. The fourth-order valence-corrected chi connectivity index (χ4v) is 3.36. The Balaban J connectivity index is 2.41. The summed E-state index contributed by atoms with van der Waals surface area (Å²) >= 11 is 7.38. The normalized spacial score (nSPS) is 11.1. The standard InChI is InChI=1S/C14H16ClN3O2S/c1-9(2)13-14(17(3)12(8-15)16-13)21-11-6-4-5-10(7-11)18(19)20/h4-7,9H,8H2,1-3H3. The fraction of sp³-hybridized carbons (Fsp3) is 0.357. The van der Waals surface area contributed by atoms with Gasteiger partial charge in [-0.05, 0) is 12.0 Å². The molecule has 0 bridgehead atoms. The van der Waals surface area contributed by atoms with E-state index in [1.165, 1.54) is 17.8 Å². The van der Waals surface area contributed by atoms with Crippen molar-refractivity contribution in [1.29, 1.82) is 0 Å². The summed E-state index contributed by atoms with van der Waals surface area (Å²) < 4.78 is 1.95. The molecule has 0 radical (unpaired) electrons. The SMILES string of the molecule is CC(C)c1nc(CCl)n(C)c1Sc1cccc([N+](=O)[O-])c1. The topological polar surface area (TPSA) is 61.0 Å². The van der Waals surface area contributed by atoms with Crippen LogP contribution in [0.4, 0.5) is 5.69 Å². The van der Waals surface area contributed by atoms with Crippen LogP contribution in [0, 0.1) is 10.1 Å². The van der Waals surface area contributed by atoms with Crippen LogP contribution in [0.3, 0.4) is 0 Å². The molecule has 1 aromatic carbocycles. The van der Waals surface area contributed by atoms with Crippen LogP contribution in [-0.2, 0) is 12.9 Å². The smallest absolute Gasteiger partial charge is 0.270 e. The summed E-state index contributed by atoms with van der Waals surface area (Å²) in [6.07, 6.45) is 0. The zero-order valence-corrected chi connectivity index (χ0v) is 13.6. The molecule has 0 spiro atoms. The van der Waals surface area contributed by atoms with E-state index in [-0.39, 0.29) is 16.5 Å². The Morgan fingerprint density at radius 1 is 1.48 bits per heavy atom. The molecule has 0 unspecified atom stereocenters. The van der Waals surface area contributed by atoms with E-state index in [9.17, 15) is 10.1 Å². The number of aromatic nitrogens is 2. The number of benzene rings is 1. The Bertz CT molecular complexity index is 670.